The lowest BCUT2D eigenvalue weighted by atomic mass is 9.94. The molecule has 0 radical (unpaired) electrons. The van der Waals surface area contributed by atoms with Crippen LogP contribution in [0.5, 0.6) is 11.5 Å². The van der Waals surface area contributed by atoms with Crippen molar-refractivity contribution in [2.24, 2.45) is 0 Å². The molecule has 0 N–H and O–H groups in total. The molecule has 3 nitrogen and oxygen atoms in total. The molecule has 5 aromatic carbocycles. The van der Waals surface area contributed by atoms with Gasteiger partial charge in [0.15, 0.2) is 11.5 Å². The molecule has 0 atom stereocenters. The molecule has 3 heteroatoms. The van der Waals surface area contributed by atoms with Gasteiger partial charge in [-0.2, -0.15) is 0 Å². The fourth-order valence-electron chi connectivity index (χ4n) is 5.36. The minimum absolute atomic E-state index is 0.831. The van der Waals surface area contributed by atoms with Gasteiger partial charge in [-0.1, -0.05) is 90.5 Å². The summed E-state index contributed by atoms with van der Waals surface area (Å²) in [7, 11) is 0. The molecule has 0 saturated heterocycles. The highest BCUT2D eigenvalue weighted by molar-refractivity contribution is 6.07. The van der Waals surface area contributed by atoms with Gasteiger partial charge in [0.2, 0.25) is 0 Å². The molecule has 2 heterocycles. The van der Waals surface area contributed by atoms with E-state index < -0.39 is 0 Å². The summed E-state index contributed by atoms with van der Waals surface area (Å²) in [5.74, 6) is 1.66. The number of benzene rings is 5. The molecule has 6 aromatic rings. The van der Waals surface area contributed by atoms with Gasteiger partial charge in [-0.05, 0) is 66.9 Å². The zero-order valence-electron chi connectivity index (χ0n) is 21.3. The first kappa shape index (κ1) is 22.3. The Hall–Kier alpha value is -4.89. The van der Waals surface area contributed by atoms with Crippen molar-refractivity contribution in [1.29, 1.82) is 0 Å². The Morgan fingerprint density at radius 3 is 1.89 bits per heavy atom. The number of fused-ring (bicyclic) bond motifs is 3. The van der Waals surface area contributed by atoms with Crippen LogP contribution < -0.4 is 9.64 Å². The summed E-state index contributed by atoms with van der Waals surface area (Å²) < 4.78 is 6.30. The highest BCUT2D eigenvalue weighted by atomic mass is 16.5. The van der Waals surface area contributed by atoms with Crippen molar-refractivity contribution in [3.8, 4) is 33.9 Å². The van der Waals surface area contributed by atoms with Crippen molar-refractivity contribution in [1.82, 2.24) is 4.98 Å². The van der Waals surface area contributed by atoms with Gasteiger partial charge in [0.1, 0.15) is 0 Å². The van der Waals surface area contributed by atoms with Crippen molar-refractivity contribution in [2.45, 2.75) is 13.8 Å². The first-order valence-electron chi connectivity index (χ1n) is 12.9. The van der Waals surface area contributed by atoms with Gasteiger partial charge < -0.3 is 9.64 Å². The summed E-state index contributed by atoms with van der Waals surface area (Å²) in [5.41, 5.74) is 10.8. The number of hydrogen-bond donors (Lipinski definition) is 0. The van der Waals surface area contributed by atoms with Gasteiger partial charge in [-0.3, -0.25) is 0 Å². The van der Waals surface area contributed by atoms with Gasteiger partial charge in [0.05, 0.1) is 28.3 Å². The highest BCUT2D eigenvalue weighted by Gasteiger charge is 2.28. The van der Waals surface area contributed by atoms with Crippen molar-refractivity contribution in [3.05, 3.63) is 132 Å². The smallest absolute Gasteiger partial charge is 0.151 e. The molecule has 0 spiro atoms. The second kappa shape index (κ2) is 8.89. The van der Waals surface area contributed by atoms with Crippen LogP contribution in [0.15, 0.2) is 121 Å². The predicted molar refractivity (Wildman–Crippen MR) is 157 cm³/mol. The Labute approximate surface area is 222 Å². The third-order valence-corrected chi connectivity index (χ3v) is 7.25. The van der Waals surface area contributed by atoms with E-state index in [0.29, 0.717) is 0 Å². The maximum atomic E-state index is 6.30. The summed E-state index contributed by atoms with van der Waals surface area (Å²) in [6.45, 7) is 4.29. The molecule has 0 saturated carbocycles. The summed E-state index contributed by atoms with van der Waals surface area (Å²) >= 11 is 0. The monoisotopic (exact) mass is 490 g/mol. The average molecular weight is 491 g/mol. The lowest BCUT2D eigenvalue weighted by Crippen LogP contribution is -2.16. The van der Waals surface area contributed by atoms with E-state index >= 15 is 0 Å². The number of aromatic nitrogens is 1. The quantitative estimate of drug-likeness (QED) is 0.246. The van der Waals surface area contributed by atoms with Crippen LogP contribution in [0, 0.1) is 13.8 Å². The van der Waals surface area contributed by atoms with E-state index in [1.807, 2.05) is 24.3 Å². The van der Waals surface area contributed by atoms with Crippen LogP contribution in [0.2, 0.25) is 0 Å². The number of nitrogens with zero attached hydrogens (tertiary/aromatic N) is 2. The van der Waals surface area contributed by atoms with Gasteiger partial charge in [-0.15, -0.1) is 0 Å². The normalized spacial score (nSPS) is 12.1. The summed E-state index contributed by atoms with van der Waals surface area (Å²) in [4.78, 5) is 7.65. The van der Waals surface area contributed by atoms with Gasteiger partial charge in [0, 0.05) is 10.9 Å². The molecule has 1 aromatic heterocycles. The molecule has 0 bridgehead atoms. The lowest BCUT2D eigenvalue weighted by Gasteiger charge is -2.33. The van der Waals surface area contributed by atoms with Crippen molar-refractivity contribution < 1.29 is 4.74 Å². The van der Waals surface area contributed by atoms with Gasteiger partial charge >= 0.3 is 0 Å². The van der Waals surface area contributed by atoms with Crippen molar-refractivity contribution in [2.75, 3.05) is 4.90 Å². The van der Waals surface area contributed by atoms with Crippen molar-refractivity contribution in [3.63, 3.8) is 0 Å². The van der Waals surface area contributed by atoms with Crippen LogP contribution in [0.25, 0.3) is 33.3 Å². The SMILES string of the molecule is Cc1ccc(-c2cc(-c3ccccc3)c3c(C)ccc(N4c5ccccc5Oc5ccccc54)c3n2)cc1. The number of hydrogen-bond acceptors (Lipinski definition) is 3. The molecule has 0 aliphatic carbocycles. The van der Waals surface area contributed by atoms with Crippen LogP contribution in [0.3, 0.4) is 0 Å². The fraction of sp³-hybridized carbons (Fsp3) is 0.0571. The second-order valence-electron chi connectivity index (χ2n) is 9.79. The molecule has 0 unspecified atom stereocenters. The van der Waals surface area contributed by atoms with E-state index in [1.54, 1.807) is 0 Å². The second-order valence-corrected chi connectivity index (χ2v) is 9.79. The minimum Gasteiger partial charge on any atom is -0.453 e. The molecule has 0 amide bonds. The Morgan fingerprint density at radius 2 is 1.21 bits per heavy atom. The maximum Gasteiger partial charge on any atom is 0.151 e. The van der Waals surface area contributed by atoms with E-state index in [9.17, 15) is 0 Å². The Morgan fingerprint density at radius 1 is 0.579 bits per heavy atom. The molecule has 1 aliphatic heterocycles. The topological polar surface area (TPSA) is 25.4 Å². The van der Waals surface area contributed by atoms with Crippen LogP contribution in [-0.2, 0) is 0 Å². The minimum atomic E-state index is 0.831. The Kier molecular flexibility index (Phi) is 5.22. The largest absolute Gasteiger partial charge is 0.453 e. The predicted octanol–water partition coefficient (Wildman–Crippen LogP) is 9.76. The Bertz CT molecular complexity index is 1760. The third kappa shape index (κ3) is 3.63. The Balaban J connectivity index is 1.58. The van der Waals surface area contributed by atoms with E-state index in [4.69, 9.17) is 9.72 Å². The van der Waals surface area contributed by atoms with E-state index in [-0.39, 0.29) is 0 Å². The van der Waals surface area contributed by atoms with Gasteiger partial charge in [-0.25, -0.2) is 4.98 Å². The van der Waals surface area contributed by atoms with E-state index in [1.165, 1.54) is 22.3 Å². The average Bonchev–Trinajstić information content (AvgIpc) is 2.97. The molecule has 1 aliphatic rings. The maximum absolute atomic E-state index is 6.30. The molecular weight excluding hydrogens is 464 g/mol. The summed E-state index contributed by atoms with van der Waals surface area (Å²) in [5, 5.41) is 1.16. The fourth-order valence-corrected chi connectivity index (χ4v) is 5.36. The highest BCUT2D eigenvalue weighted by Crippen LogP contribution is 2.52. The molecule has 0 fully saturated rings. The molecular formula is C35H26N2O. The number of aryl methyl sites for hydroxylation is 2. The number of rotatable bonds is 3. The zero-order chi connectivity index (χ0) is 25.6. The zero-order valence-corrected chi connectivity index (χ0v) is 21.3. The first-order valence-corrected chi connectivity index (χ1v) is 12.9. The summed E-state index contributed by atoms with van der Waals surface area (Å²) in [6, 6.07) is 42.3. The lowest BCUT2D eigenvalue weighted by molar-refractivity contribution is 0.477. The standard InChI is InChI=1S/C35H26N2O/c1-23-16-19-26(20-17-23)28-22-27(25-10-4-3-5-11-25)34-24(2)18-21-31(35(34)36-28)37-29-12-6-8-14-32(29)38-33-15-9-7-13-30(33)37/h3-22H,1-2H3. The first-order chi connectivity index (χ1) is 18.7. The van der Waals surface area contributed by atoms with Gasteiger partial charge in [0.25, 0.3) is 0 Å². The number of ether oxygens (including phenoxy) is 1. The van der Waals surface area contributed by atoms with Crippen LogP contribution in [-0.4, -0.2) is 4.98 Å². The number of para-hydroxylation sites is 4. The van der Waals surface area contributed by atoms with E-state index in [0.717, 1.165) is 50.7 Å². The van der Waals surface area contributed by atoms with Crippen LogP contribution >= 0.6 is 0 Å². The van der Waals surface area contributed by atoms with E-state index in [2.05, 4.69) is 116 Å². The number of pyridine rings is 1. The molecule has 182 valence electrons. The van der Waals surface area contributed by atoms with Crippen molar-refractivity contribution >= 4 is 28.0 Å². The third-order valence-electron chi connectivity index (χ3n) is 7.25. The molecule has 38 heavy (non-hydrogen) atoms. The molecule has 7 rings (SSSR count). The van der Waals surface area contributed by atoms with Crippen LogP contribution in [0.4, 0.5) is 17.1 Å². The van der Waals surface area contributed by atoms with Crippen LogP contribution in [0.1, 0.15) is 11.1 Å². The summed E-state index contributed by atoms with van der Waals surface area (Å²) in [6.07, 6.45) is 0. The number of anilines is 3.